The summed E-state index contributed by atoms with van der Waals surface area (Å²) >= 11 is 0. The standard InChI is InChI=1S/C16H19N3O4S/c1-17-4-5-23-16-3-2-14(6-15(16)17)24(21,22)19-9-12-7-18(11-20)8-13(12)10-19/h2-3,6,11H,4-5,7-10H2,1H3. The topological polar surface area (TPSA) is 70.2 Å². The average molecular weight is 349 g/mol. The summed E-state index contributed by atoms with van der Waals surface area (Å²) in [5.74, 6) is 0.714. The van der Waals surface area contributed by atoms with Gasteiger partial charge in [-0.25, -0.2) is 8.42 Å². The lowest BCUT2D eigenvalue weighted by molar-refractivity contribution is -0.117. The molecule has 0 aromatic heterocycles. The minimum absolute atomic E-state index is 0.284. The van der Waals surface area contributed by atoms with Crippen molar-refractivity contribution in [2.75, 3.05) is 51.3 Å². The molecule has 0 bridgehead atoms. The Kier molecular flexibility index (Phi) is 3.54. The number of benzene rings is 1. The minimum atomic E-state index is -3.56. The van der Waals surface area contributed by atoms with Crippen LogP contribution in [0.1, 0.15) is 0 Å². The van der Waals surface area contributed by atoms with E-state index in [1.54, 1.807) is 23.1 Å². The Labute approximate surface area is 141 Å². The number of carbonyl (C=O) groups excluding carboxylic acids is 1. The first-order valence-corrected chi connectivity index (χ1v) is 9.30. The van der Waals surface area contributed by atoms with E-state index in [0.717, 1.165) is 29.8 Å². The van der Waals surface area contributed by atoms with E-state index in [0.29, 0.717) is 38.5 Å². The molecule has 7 nitrogen and oxygen atoms in total. The van der Waals surface area contributed by atoms with Gasteiger partial charge >= 0.3 is 0 Å². The summed E-state index contributed by atoms with van der Waals surface area (Å²) in [7, 11) is -1.63. The van der Waals surface area contributed by atoms with E-state index in [4.69, 9.17) is 4.74 Å². The first kappa shape index (κ1) is 15.5. The number of carbonyl (C=O) groups is 1. The van der Waals surface area contributed by atoms with Crippen LogP contribution in [-0.2, 0) is 14.8 Å². The van der Waals surface area contributed by atoms with Crippen molar-refractivity contribution in [1.29, 1.82) is 0 Å². The lowest BCUT2D eigenvalue weighted by Crippen LogP contribution is -2.34. The molecule has 8 heteroatoms. The maximum atomic E-state index is 13.0. The Morgan fingerprint density at radius 1 is 1.12 bits per heavy atom. The Morgan fingerprint density at radius 2 is 1.83 bits per heavy atom. The minimum Gasteiger partial charge on any atom is -0.490 e. The normalized spacial score (nSPS) is 20.9. The van der Waals surface area contributed by atoms with Crippen molar-refractivity contribution in [1.82, 2.24) is 9.21 Å². The number of sulfonamides is 1. The molecule has 1 aromatic carbocycles. The van der Waals surface area contributed by atoms with Crippen molar-refractivity contribution in [2.24, 2.45) is 0 Å². The van der Waals surface area contributed by atoms with Crippen LogP contribution < -0.4 is 9.64 Å². The Bertz CT molecular complexity index is 816. The highest BCUT2D eigenvalue weighted by Crippen LogP contribution is 2.35. The number of ether oxygens (including phenoxy) is 1. The molecule has 4 rings (SSSR count). The van der Waals surface area contributed by atoms with Gasteiger partial charge in [-0.1, -0.05) is 0 Å². The Hall–Kier alpha value is -2.06. The van der Waals surface area contributed by atoms with E-state index in [2.05, 4.69) is 0 Å². The molecule has 0 aliphatic carbocycles. The highest BCUT2D eigenvalue weighted by Gasteiger charge is 2.36. The Balaban J connectivity index is 1.59. The lowest BCUT2D eigenvalue weighted by atomic mass is 10.2. The average Bonchev–Trinajstić information content (AvgIpc) is 3.13. The van der Waals surface area contributed by atoms with Gasteiger partial charge in [-0.2, -0.15) is 4.31 Å². The molecule has 0 spiro atoms. The lowest BCUT2D eigenvalue weighted by Gasteiger charge is -2.28. The summed E-state index contributed by atoms with van der Waals surface area (Å²) in [4.78, 5) is 14.8. The van der Waals surface area contributed by atoms with Crippen molar-refractivity contribution < 1.29 is 17.9 Å². The third kappa shape index (κ3) is 2.37. The van der Waals surface area contributed by atoms with Crippen LogP contribution in [0.15, 0.2) is 34.2 Å². The molecule has 0 unspecified atom stereocenters. The van der Waals surface area contributed by atoms with E-state index in [1.165, 1.54) is 4.31 Å². The van der Waals surface area contributed by atoms with E-state index >= 15 is 0 Å². The van der Waals surface area contributed by atoms with Gasteiger partial charge in [0.25, 0.3) is 0 Å². The number of fused-ring (bicyclic) bond motifs is 1. The second-order valence-corrected chi connectivity index (χ2v) is 8.33. The van der Waals surface area contributed by atoms with Gasteiger partial charge in [0.2, 0.25) is 16.4 Å². The van der Waals surface area contributed by atoms with E-state index in [9.17, 15) is 13.2 Å². The fraction of sp³-hybridized carbons (Fsp3) is 0.438. The highest BCUT2D eigenvalue weighted by atomic mass is 32.2. The molecule has 3 aliphatic rings. The molecule has 0 atom stereocenters. The fourth-order valence-corrected chi connectivity index (χ4v) is 4.91. The summed E-state index contributed by atoms with van der Waals surface area (Å²) in [6.07, 6.45) is 0.816. The molecule has 3 aliphatic heterocycles. The van der Waals surface area contributed by atoms with Gasteiger partial charge in [0.05, 0.1) is 17.1 Å². The third-order valence-corrected chi connectivity index (χ3v) is 6.62. The fourth-order valence-electron chi connectivity index (χ4n) is 3.46. The molecule has 0 N–H and O–H groups in total. The molecule has 24 heavy (non-hydrogen) atoms. The van der Waals surface area contributed by atoms with Crippen molar-refractivity contribution in [3.05, 3.63) is 29.3 Å². The molecule has 128 valence electrons. The van der Waals surface area contributed by atoms with Crippen molar-refractivity contribution in [2.45, 2.75) is 4.90 Å². The number of rotatable bonds is 3. The van der Waals surface area contributed by atoms with Crippen LogP contribution in [0.4, 0.5) is 5.69 Å². The number of hydrogen-bond donors (Lipinski definition) is 0. The summed E-state index contributed by atoms with van der Waals surface area (Å²) in [6, 6.07) is 5.02. The second-order valence-electron chi connectivity index (χ2n) is 6.39. The molecular weight excluding hydrogens is 330 g/mol. The maximum absolute atomic E-state index is 13.0. The zero-order valence-electron chi connectivity index (χ0n) is 13.4. The highest BCUT2D eigenvalue weighted by molar-refractivity contribution is 7.89. The number of hydrogen-bond acceptors (Lipinski definition) is 5. The van der Waals surface area contributed by atoms with E-state index in [-0.39, 0.29) is 4.90 Å². The SMILES string of the molecule is CN1CCOc2ccc(S(=O)(=O)N3CC4=C(CN(C=O)C4)C3)cc21. The molecule has 0 saturated carbocycles. The third-order valence-electron chi connectivity index (χ3n) is 4.84. The second kappa shape index (κ2) is 5.49. The molecule has 1 amide bonds. The molecular formula is C16H19N3O4S. The first-order valence-electron chi connectivity index (χ1n) is 7.86. The van der Waals surface area contributed by atoms with Crippen LogP contribution in [0.5, 0.6) is 5.75 Å². The predicted octanol–water partition coefficient (Wildman–Crippen LogP) is 0.288. The van der Waals surface area contributed by atoms with E-state index < -0.39 is 10.0 Å². The molecule has 0 radical (unpaired) electrons. The summed E-state index contributed by atoms with van der Waals surface area (Å²) in [5, 5.41) is 0. The van der Waals surface area contributed by atoms with Crippen LogP contribution in [-0.4, -0.2) is 70.4 Å². The number of anilines is 1. The largest absolute Gasteiger partial charge is 0.490 e. The zero-order chi connectivity index (χ0) is 16.9. The summed E-state index contributed by atoms with van der Waals surface area (Å²) < 4.78 is 33.0. The van der Waals surface area contributed by atoms with Gasteiger partial charge < -0.3 is 14.5 Å². The molecule has 1 aromatic rings. The zero-order valence-corrected chi connectivity index (χ0v) is 14.3. The molecule has 0 saturated heterocycles. The van der Waals surface area contributed by atoms with Gasteiger partial charge in [0, 0.05) is 33.2 Å². The molecule has 3 heterocycles. The van der Waals surface area contributed by atoms with Gasteiger partial charge in [0.15, 0.2) is 0 Å². The van der Waals surface area contributed by atoms with Gasteiger partial charge in [0.1, 0.15) is 12.4 Å². The van der Waals surface area contributed by atoms with E-state index in [1.807, 2.05) is 11.9 Å². The molecule has 0 fully saturated rings. The Morgan fingerprint density at radius 3 is 2.50 bits per heavy atom. The summed E-state index contributed by atoms with van der Waals surface area (Å²) in [5.41, 5.74) is 2.89. The van der Waals surface area contributed by atoms with Crippen LogP contribution in [0, 0.1) is 0 Å². The van der Waals surface area contributed by atoms with Crippen LogP contribution >= 0.6 is 0 Å². The van der Waals surface area contributed by atoms with Crippen LogP contribution in [0.2, 0.25) is 0 Å². The predicted molar refractivity (Wildman–Crippen MR) is 88.6 cm³/mol. The maximum Gasteiger partial charge on any atom is 0.243 e. The van der Waals surface area contributed by atoms with Crippen molar-refractivity contribution in [3.63, 3.8) is 0 Å². The number of likely N-dealkylation sites (N-methyl/N-ethyl adjacent to an activating group) is 1. The van der Waals surface area contributed by atoms with Crippen LogP contribution in [0.25, 0.3) is 0 Å². The quantitative estimate of drug-likeness (QED) is 0.579. The van der Waals surface area contributed by atoms with Gasteiger partial charge in [-0.15, -0.1) is 0 Å². The summed E-state index contributed by atoms with van der Waals surface area (Å²) in [6.45, 7) is 3.14. The number of nitrogens with zero attached hydrogens (tertiary/aromatic N) is 3. The monoisotopic (exact) mass is 349 g/mol. The smallest absolute Gasteiger partial charge is 0.243 e. The van der Waals surface area contributed by atoms with Gasteiger partial charge in [-0.05, 0) is 29.3 Å². The van der Waals surface area contributed by atoms with Gasteiger partial charge in [-0.3, -0.25) is 4.79 Å². The number of amides is 1. The first-order chi connectivity index (χ1) is 11.5. The van der Waals surface area contributed by atoms with Crippen molar-refractivity contribution in [3.8, 4) is 5.75 Å². The van der Waals surface area contributed by atoms with Crippen molar-refractivity contribution >= 4 is 22.1 Å². The van der Waals surface area contributed by atoms with Crippen LogP contribution in [0.3, 0.4) is 0 Å².